The SMILES string of the molecule is CC.CCC(O)OC(OC(C(O)CO)C(O)C(O)C(C)=O)C(O)C(C)O. The Hall–Kier alpha value is -0.690. The Morgan fingerprint density at radius 2 is 1.46 bits per heavy atom. The van der Waals surface area contributed by atoms with Crippen LogP contribution < -0.4 is 0 Å². The van der Waals surface area contributed by atoms with E-state index in [0.29, 0.717) is 0 Å². The minimum atomic E-state index is -1.95. The Morgan fingerprint density at radius 3 is 1.81 bits per heavy atom. The van der Waals surface area contributed by atoms with Crippen molar-refractivity contribution in [3.8, 4) is 0 Å². The van der Waals surface area contributed by atoms with Crippen LogP contribution >= 0.6 is 0 Å². The van der Waals surface area contributed by atoms with Gasteiger partial charge in [0.05, 0.1) is 12.7 Å². The minimum absolute atomic E-state index is 0.109. The van der Waals surface area contributed by atoms with Gasteiger partial charge in [-0.15, -0.1) is 0 Å². The third kappa shape index (κ3) is 9.31. The van der Waals surface area contributed by atoms with E-state index >= 15 is 0 Å². The van der Waals surface area contributed by atoms with Crippen molar-refractivity contribution in [2.24, 2.45) is 0 Å². The summed E-state index contributed by atoms with van der Waals surface area (Å²) in [5.41, 5.74) is 0. The van der Waals surface area contributed by atoms with E-state index in [9.17, 15) is 35.4 Å². The number of hydrogen-bond acceptors (Lipinski definition) is 10. The van der Waals surface area contributed by atoms with Gasteiger partial charge in [-0.1, -0.05) is 20.8 Å². The minimum Gasteiger partial charge on any atom is -0.394 e. The quantitative estimate of drug-likeness (QED) is 0.183. The summed E-state index contributed by atoms with van der Waals surface area (Å²) < 4.78 is 10.2. The van der Waals surface area contributed by atoms with E-state index < -0.39 is 61.6 Å². The number of carbonyl (C=O) groups excluding carboxylic acids is 1. The van der Waals surface area contributed by atoms with Crippen LogP contribution in [0.2, 0.25) is 0 Å². The number of aliphatic hydroxyl groups excluding tert-OH is 7. The fraction of sp³-hybridized carbons (Fsp3) is 0.938. The first-order valence-electron chi connectivity index (χ1n) is 8.57. The lowest BCUT2D eigenvalue weighted by Gasteiger charge is -2.35. The van der Waals surface area contributed by atoms with Crippen LogP contribution in [0.1, 0.15) is 41.0 Å². The van der Waals surface area contributed by atoms with Crippen molar-refractivity contribution in [1.29, 1.82) is 0 Å². The molecule has 0 rings (SSSR count). The average molecular weight is 386 g/mol. The van der Waals surface area contributed by atoms with Gasteiger partial charge in [0.15, 0.2) is 18.4 Å². The summed E-state index contributed by atoms with van der Waals surface area (Å²) in [4.78, 5) is 11.2. The maximum Gasteiger partial charge on any atom is 0.189 e. The third-order valence-corrected chi connectivity index (χ3v) is 3.35. The molecule has 0 spiro atoms. The Labute approximate surface area is 153 Å². The summed E-state index contributed by atoms with van der Waals surface area (Å²) in [6, 6.07) is 0. The molecule has 0 heterocycles. The molecule has 7 N–H and O–H groups in total. The van der Waals surface area contributed by atoms with Crippen LogP contribution in [-0.4, -0.2) is 97.3 Å². The second-order valence-corrected chi connectivity index (χ2v) is 5.50. The third-order valence-electron chi connectivity index (χ3n) is 3.35. The van der Waals surface area contributed by atoms with Crippen molar-refractivity contribution < 1.29 is 50.0 Å². The molecule has 8 atom stereocenters. The lowest BCUT2D eigenvalue weighted by atomic mass is 10.0. The molecular formula is C16H34O10. The summed E-state index contributed by atoms with van der Waals surface area (Å²) in [6.45, 7) is 6.88. The van der Waals surface area contributed by atoms with Crippen molar-refractivity contribution >= 4 is 5.78 Å². The summed E-state index contributed by atoms with van der Waals surface area (Å²) in [5, 5.41) is 67.3. The van der Waals surface area contributed by atoms with Gasteiger partial charge in [0.1, 0.15) is 30.5 Å². The predicted octanol–water partition coefficient (Wildman–Crippen LogP) is -2.13. The van der Waals surface area contributed by atoms with Gasteiger partial charge >= 0.3 is 0 Å². The van der Waals surface area contributed by atoms with Gasteiger partial charge in [-0.05, 0) is 20.3 Å². The van der Waals surface area contributed by atoms with Crippen molar-refractivity contribution in [3.63, 3.8) is 0 Å². The molecule has 0 aromatic rings. The molecule has 10 nitrogen and oxygen atoms in total. The highest BCUT2D eigenvalue weighted by molar-refractivity contribution is 5.80. The van der Waals surface area contributed by atoms with E-state index in [1.165, 1.54) is 6.92 Å². The number of ether oxygens (including phenoxy) is 2. The van der Waals surface area contributed by atoms with Crippen molar-refractivity contribution in [2.45, 2.75) is 90.2 Å². The number of aliphatic hydroxyl groups is 7. The number of Topliss-reactive ketones (excluding diaryl/α,β-unsaturated/α-hetero) is 1. The molecule has 0 aromatic heterocycles. The average Bonchev–Trinajstić information content (AvgIpc) is 2.63. The molecule has 0 aromatic carbocycles. The molecule has 0 amide bonds. The Kier molecular flexibility index (Phi) is 15.2. The maximum atomic E-state index is 11.2. The summed E-state index contributed by atoms with van der Waals surface area (Å²) in [6.07, 6.45) is -13.4. The number of carbonyl (C=O) groups is 1. The van der Waals surface area contributed by atoms with E-state index in [4.69, 9.17) is 14.6 Å². The zero-order valence-electron chi connectivity index (χ0n) is 15.9. The fourth-order valence-corrected chi connectivity index (χ4v) is 1.75. The molecule has 8 unspecified atom stereocenters. The van der Waals surface area contributed by atoms with Crippen molar-refractivity contribution in [2.75, 3.05) is 6.61 Å². The largest absolute Gasteiger partial charge is 0.394 e. The molecule has 0 aliphatic carbocycles. The molecule has 0 aliphatic heterocycles. The first kappa shape index (κ1) is 27.5. The molecule has 0 fully saturated rings. The fourth-order valence-electron chi connectivity index (χ4n) is 1.75. The lowest BCUT2D eigenvalue weighted by molar-refractivity contribution is -0.305. The Bertz CT molecular complexity index is 365. The first-order chi connectivity index (χ1) is 12.1. The molecule has 0 bridgehead atoms. The van der Waals surface area contributed by atoms with Crippen LogP contribution in [0, 0.1) is 0 Å². The molecule has 10 heteroatoms. The van der Waals surface area contributed by atoms with E-state index in [2.05, 4.69) is 0 Å². The van der Waals surface area contributed by atoms with Crippen LogP contribution in [0.3, 0.4) is 0 Å². The van der Waals surface area contributed by atoms with Gasteiger partial charge in [0.2, 0.25) is 0 Å². The topological polar surface area (TPSA) is 177 Å². The number of hydrogen-bond donors (Lipinski definition) is 7. The van der Waals surface area contributed by atoms with Crippen LogP contribution in [0.25, 0.3) is 0 Å². The van der Waals surface area contributed by atoms with E-state index in [-0.39, 0.29) is 6.42 Å². The van der Waals surface area contributed by atoms with Gasteiger partial charge in [-0.25, -0.2) is 0 Å². The van der Waals surface area contributed by atoms with Crippen LogP contribution in [0.15, 0.2) is 0 Å². The number of rotatable bonds is 12. The molecule has 158 valence electrons. The normalized spacial score (nSPS) is 20.6. The van der Waals surface area contributed by atoms with Crippen molar-refractivity contribution in [1.82, 2.24) is 0 Å². The predicted molar refractivity (Wildman–Crippen MR) is 90.9 cm³/mol. The Morgan fingerprint density at radius 1 is 0.962 bits per heavy atom. The molecule has 0 aliphatic rings. The van der Waals surface area contributed by atoms with Crippen LogP contribution in [0.4, 0.5) is 0 Å². The van der Waals surface area contributed by atoms with E-state index in [0.717, 1.165) is 6.92 Å². The molecular weight excluding hydrogens is 352 g/mol. The second-order valence-electron chi connectivity index (χ2n) is 5.50. The zero-order valence-corrected chi connectivity index (χ0v) is 15.9. The number of ketones is 1. The highest BCUT2D eigenvalue weighted by Gasteiger charge is 2.39. The summed E-state index contributed by atoms with van der Waals surface area (Å²) in [7, 11) is 0. The summed E-state index contributed by atoms with van der Waals surface area (Å²) >= 11 is 0. The van der Waals surface area contributed by atoms with Gasteiger partial charge in [-0.2, -0.15) is 0 Å². The standard InChI is InChI=1S/C14H28O10.C2H6/c1-4-9(19)23-14(11(21)7(3)17)24-13(8(18)5-15)12(22)10(20)6(2)16;1-2/h7-15,17-22H,4-5H2,1-3H3;1-2H3. The second kappa shape index (κ2) is 14.4. The van der Waals surface area contributed by atoms with Crippen LogP contribution in [-0.2, 0) is 14.3 Å². The van der Waals surface area contributed by atoms with Crippen LogP contribution in [0.5, 0.6) is 0 Å². The van der Waals surface area contributed by atoms with Gasteiger partial charge in [0.25, 0.3) is 0 Å². The van der Waals surface area contributed by atoms with Gasteiger partial charge in [-0.3, -0.25) is 4.79 Å². The van der Waals surface area contributed by atoms with E-state index in [1.54, 1.807) is 6.92 Å². The lowest BCUT2D eigenvalue weighted by Crippen LogP contribution is -2.54. The summed E-state index contributed by atoms with van der Waals surface area (Å²) in [5.74, 6) is -0.816. The highest BCUT2D eigenvalue weighted by Crippen LogP contribution is 2.18. The first-order valence-corrected chi connectivity index (χ1v) is 8.57. The highest BCUT2D eigenvalue weighted by atomic mass is 16.7. The maximum absolute atomic E-state index is 11.2. The molecule has 26 heavy (non-hydrogen) atoms. The smallest absolute Gasteiger partial charge is 0.189 e. The zero-order chi connectivity index (χ0) is 21.0. The van der Waals surface area contributed by atoms with Crippen molar-refractivity contribution in [3.05, 3.63) is 0 Å². The van der Waals surface area contributed by atoms with Gasteiger partial charge < -0.3 is 45.2 Å². The van der Waals surface area contributed by atoms with Gasteiger partial charge in [0, 0.05) is 0 Å². The molecule has 0 radical (unpaired) electrons. The Balaban J connectivity index is 0. The van der Waals surface area contributed by atoms with E-state index in [1.807, 2.05) is 13.8 Å². The molecule has 0 saturated heterocycles. The molecule has 0 saturated carbocycles. The monoisotopic (exact) mass is 386 g/mol.